The zero-order valence-corrected chi connectivity index (χ0v) is 21.2. The van der Waals surface area contributed by atoms with Crippen LogP contribution in [-0.2, 0) is 24.6 Å². The number of carbonyl (C=O) groups is 1. The number of amides is 1. The highest BCUT2D eigenvalue weighted by atomic mass is 35.5. The number of rotatable bonds is 6. The molecular formula is C26H28ClF3N2OS. The lowest BCUT2D eigenvalue weighted by Crippen LogP contribution is -2.33. The summed E-state index contributed by atoms with van der Waals surface area (Å²) in [5.74, 6) is -0.260. The van der Waals surface area contributed by atoms with E-state index in [0.29, 0.717) is 33.9 Å². The number of carbonyl (C=O) groups excluding carboxylic acids is 1. The van der Waals surface area contributed by atoms with Crippen molar-refractivity contribution >= 4 is 34.5 Å². The third-order valence-corrected chi connectivity index (χ3v) is 7.32. The van der Waals surface area contributed by atoms with Crippen LogP contribution in [0.25, 0.3) is 0 Å². The molecular weight excluding hydrogens is 481 g/mol. The molecule has 182 valence electrons. The maximum Gasteiger partial charge on any atom is 0.416 e. The number of halogens is 4. The van der Waals surface area contributed by atoms with Crippen molar-refractivity contribution in [3.63, 3.8) is 0 Å². The van der Waals surface area contributed by atoms with Crippen molar-refractivity contribution in [2.24, 2.45) is 0 Å². The van der Waals surface area contributed by atoms with Gasteiger partial charge in [-0.1, -0.05) is 50.6 Å². The minimum Gasteiger partial charge on any atom is -0.398 e. The van der Waals surface area contributed by atoms with Crippen molar-refractivity contribution in [3.05, 3.63) is 85.6 Å². The average Bonchev–Trinajstić information content (AvgIpc) is 3.22. The molecule has 0 atom stereocenters. The van der Waals surface area contributed by atoms with Crippen molar-refractivity contribution in [2.45, 2.75) is 52.3 Å². The molecule has 0 radical (unpaired) electrons. The first-order chi connectivity index (χ1) is 15.8. The van der Waals surface area contributed by atoms with E-state index in [1.807, 2.05) is 6.07 Å². The summed E-state index contributed by atoms with van der Waals surface area (Å²) < 4.78 is 39.4. The van der Waals surface area contributed by atoms with Crippen molar-refractivity contribution in [1.82, 2.24) is 4.90 Å². The molecule has 2 N–H and O–H groups in total. The SMILES string of the molecule is Cc1c(N)cc(Cl)cc1C(=O)N(CCc1cccc(C(F)(F)F)c1)Cc1ccc(C(C)(C)C)s1. The summed E-state index contributed by atoms with van der Waals surface area (Å²) in [6.07, 6.45) is -4.14. The molecule has 0 bridgehead atoms. The molecule has 8 heteroatoms. The summed E-state index contributed by atoms with van der Waals surface area (Å²) in [6.45, 7) is 8.71. The van der Waals surface area contributed by atoms with Gasteiger partial charge in [-0.15, -0.1) is 11.3 Å². The number of nitrogens with two attached hydrogens (primary N) is 1. The molecule has 0 saturated heterocycles. The number of nitrogen functional groups attached to an aromatic ring is 1. The minimum atomic E-state index is -4.42. The lowest BCUT2D eigenvalue weighted by Gasteiger charge is -2.24. The van der Waals surface area contributed by atoms with Crippen LogP contribution in [0.15, 0.2) is 48.5 Å². The van der Waals surface area contributed by atoms with Crippen molar-refractivity contribution in [3.8, 4) is 0 Å². The highest BCUT2D eigenvalue weighted by molar-refractivity contribution is 7.12. The molecule has 2 aromatic carbocycles. The molecule has 34 heavy (non-hydrogen) atoms. The van der Waals surface area contributed by atoms with E-state index in [9.17, 15) is 18.0 Å². The molecule has 0 saturated carbocycles. The summed E-state index contributed by atoms with van der Waals surface area (Å²) >= 11 is 7.79. The van der Waals surface area contributed by atoms with Crippen LogP contribution < -0.4 is 5.73 Å². The quantitative estimate of drug-likeness (QED) is 0.350. The van der Waals surface area contributed by atoms with E-state index in [4.69, 9.17) is 17.3 Å². The van der Waals surface area contributed by atoms with Gasteiger partial charge in [-0.25, -0.2) is 0 Å². The lowest BCUT2D eigenvalue weighted by molar-refractivity contribution is -0.137. The van der Waals surface area contributed by atoms with E-state index in [-0.39, 0.29) is 24.3 Å². The lowest BCUT2D eigenvalue weighted by atomic mass is 9.95. The van der Waals surface area contributed by atoms with Crippen molar-refractivity contribution < 1.29 is 18.0 Å². The van der Waals surface area contributed by atoms with E-state index >= 15 is 0 Å². The van der Waals surface area contributed by atoms with E-state index in [0.717, 1.165) is 17.0 Å². The predicted octanol–water partition coefficient (Wildman–Crippen LogP) is 7.49. The predicted molar refractivity (Wildman–Crippen MR) is 134 cm³/mol. The Hall–Kier alpha value is -2.51. The second kappa shape index (κ2) is 10.0. The first-order valence-corrected chi connectivity index (χ1v) is 12.1. The van der Waals surface area contributed by atoms with Gasteiger partial charge >= 0.3 is 6.18 Å². The Kier molecular flexibility index (Phi) is 7.68. The van der Waals surface area contributed by atoms with Crippen LogP contribution >= 0.6 is 22.9 Å². The van der Waals surface area contributed by atoms with Crippen LogP contribution in [0.2, 0.25) is 5.02 Å². The molecule has 0 unspecified atom stereocenters. The Balaban J connectivity index is 1.91. The number of benzene rings is 2. The van der Waals surface area contributed by atoms with Gasteiger partial charge in [0.25, 0.3) is 5.91 Å². The van der Waals surface area contributed by atoms with Crippen molar-refractivity contribution in [1.29, 1.82) is 0 Å². The molecule has 1 amide bonds. The van der Waals surface area contributed by atoms with Gasteiger partial charge in [0.15, 0.2) is 0 Å². The molecule has 3 rings (SSSR count). The van der Waals surface area contributed by atoms with Gasteiger partial charge < -0.3 is 10.6 Å². The minimum absolute atomic E-state index is 0.0201. The van der Waals surface area contributed by atoms with E-state index in [1.165, 1.54) is 10.9 Å². The normalized spacial score (nSPS) is 12.1. The molecule has 0 aliphatic rings. The number of nitrogens with zero attached hydrogens (tertiary/aromatic N) is 1. The fourth-order valence-corrected chi connectivity index (χ4v) is 4.87. The van der Waals surface area contributed by atoms with Crippen LogP contribution in [-0.4, -0.2) is 17.4 Å². The van der Waals surface area contributed by atoms with Crippen molar-refractivity contribution in [2.75, 3.05) is 12.3 Å². The standard InChI is InChI=1S/C26H28ClF3N2OS/c1-16-21(13-19(27)14-22(16)31)24(33)32(15-20-8-9-23(34-20)25(2,3)4)11-10-17-6-5-7-18(12-17)26(28,29)30/h5-9,12-14H,10-11,15,31H2,1-4H3. The van der Waals surface area contributed by atoms with E-state index in [2.05, 4.69) is 26.8 Å². The Bertz CT molecular complexity index is 1180. The highest BCUT2D eigenvalue weighted by Gasteiger charge is 2.30. The first-order valence-electron chi connectivity index (χ1n) is 10.9. The number of thiophene rings is 1. The number of alkyl halides is 3. The summed E-state index contributed by atoms with van der Waals surface area (Å²) in [7, 11) is 0. The van der Waals surface area contributed by atoms with Gasteiger partial charge in [-0.05, 0) is 60.2 Å². The fraction of sp³-hybridized carbons (Fsp3) is 0.346. The molecule has 0 aliphatic carbocycles. The van der Waals surface area contributed by atoms with Gasteiger partial charge in [0, 0.05) is 32.6 Å². The zero-order valence-electron chi connectivity index (χ0n) is 19.6. The smallest absolute Gasteiger partial charge is 0.398 e. The number of anilines is 1. The van der Waals surface area contributed by atoms with Gasteiger partial charge in [0.1, 0.15) is 0 Å². The molecule has 1 aromatic heterocycles. The summed E-state index contributed by atoms with van der Waals surface area (Å²) in [4.78, 5) is 17.4. The Morgan fingerprint density at radius 2 is 1.79 bits per heavy atom. The maximum atomic E-state index is 13.6. The van der Waals surface area contributed by atoms with Crippen LogP contribution in [0.3, 0.4) is 0 Å². The van der Waals surface area contributed by atoms with E-state index in [1.54, 1.807) is 41.4 Å². The van der Waals surface area contributed by atoms with Crippen LogP contribution in [0.5, 0.6) is 0 Å². The Morgan fingerprint density at radius 1 is 1.09 bits per heavy atom. The molecule has 1 heterocycles. The van der Waals surface area contributed by atoms with E-state index < -0.39 is 11.7 Å². The topological polar surface area (TPSA) is 46.3 Å². The van der Waals surface area contributed by atoms with Gasteiger partial charge in [-0.3, -0.25) is 4.79 Å². The van der Waals surface area contributed by atoms with Gasteiger partial charge in [-0.2, -0.15) is 13.2 Å². The first kappa shape index (κ1) is 26.1. The number of hydrogen-bond acceptors (Lipinski definition) is 3. The van der Waals surface area contributed by atoms with Gasteiger partial charge in [0.2, 0.25) is 0 Å². The monoisotopic (exact) mass is 508 g/mol. The summed E-state index contributed by atoms with van der Waals surface area (Å²) in [5, 5.41) is 0.357. The largest absolute Gasteiger partial charge is 0.416 e. The van der Waals surface area contributed by atoms with Crippen LogP contribution in [0.4, 0.5) is 18.9 Å². The molecule has 3 nitrogen and oxygen atoms in total. The molecule has 0 fully saturated rings. The molecule has 0 aliphatic heterocycles. The maximum absolute atomic E-state index is 13.6. The summed E-state index contributed by atoms with van der Waals surface area (Å²) in [5.41, 5.74) is 7.25. The third kappa shape index (κ3) is 6.33. The molecule has 0 spiro atoms. The second-order valence-corrected chi connectivity index (χ2v) is 11.0. The summed E-state index contributed by atoms with van der Waals surface area (Å²) in [6, 6.07) is 12.4. The third-order valence-electron chi connectivity index (χ3n) is 5.60. The average molecular weight is 509 g/mol. The number of hydrogen-bond donors (Lipinski definition) is 1. The zero-order chi connectivity index (χ0) is 25.3. The highest BCUT2D eigenvalue weighted by Crippen LogP contribution is 2.32. The van der Waals surface area contributed by atoms with Crippen LogP contribution in [0, 0.1) is 6.92 Å². The van der Waals surface area contributed by atoms with Crippen LogP contribution in [0.1, 0.15) is 57.6 Å². The Morgan fingerprint density at radius 3 is 2.41 bits per heavy atom. The molecule has 3 aromatic rings. The fourth-order valence-electron chi connectivity index (χ4n) is 3.57. The Labute approximate surface area is 207 Å². The van der Waals surface area contributed by atoms with Gasteiger partial charge in [0.05, 0.1) is 12.1 Å². The second-order valence-electron chi connectivity index (χ2n) is 9.36.